The normalized spacial score (nSPS) is 29.0. The van der Waals surface area contributed by atoms with Gasteiger partial charge in [0.25, 0.3) is 0 Å². The Balaban J connectivity index is 1.93. The molecule has 5 nitrogen and oxygen atoms in total. The van der Waals surface area contributed by atoms with Gasteiger partial charge in [-0.1, -0.05) is 0 Å². The fourth-order valence-corrected chi connectivity index (χ4v) is 2.21. The fourth-order valence-electron chi connectivity index (χ4n) is 2.21. The summed E-state index contributed by atoms with van der Waals surface area (Å²) in [6.07, 6.45) is 2.71. The average molecular weight is 212 g/mol. The highest BCUT2D eigenvalue weighted by molar-refractivity contribution is 5.88. The second kappa shape index (κ2) is 3.48. The van der Waals surface area contributed by atoms with Crippen LogP contribution in [0.5, 0.6) is 0 Å². The van der Waals surface area contributed by atoms with Gasteiger partial charge in [0.1, 0.15) is 0 Å². The molecule has 15 heavy (non-hydrogen) atoms. The number of nitrogens with zero attached hydrogens (tertiary/aromatic N) is 1. The van der Waals surface area contributed by atoms with E-state index in [0.717, 1.165) is 19.3 Å². The van der Waals surface area contributed by atoms with Crippen LogP contribution in [0.25, 0.3) is 0 Å². The van der Waals surface area contributed by atoms with Crippen LogP contribution in [0.15, 0.2) is 0 Å². The van der Waals surface area contributed by atoms with E-state index < -0.39 is 11.5 Å². The zero-order chi connectivity index (χ0) is 11.1. The van der Waals surface area contributed by atoms with Gasteiger partial charge in [0.15, 0.2) is 0 Å². The number of rotatable bonds is 3. The number of aliphatic hydroxyl groups is 1. The first-order valence-electron chi connectivity index (χ1n) is 5.30. The molecule has 0 spiro atoms. The summed E-state index contributed by atoms with van der Waals surface area (Å²) in [5.41, 5.74) is 4.45. The molecular weight excluding hydrogens is 196 g/mol. The summed E-state index contributed by atoms with van der Waals surface area (Å²) in [5.74, 6) is -0.869. The van der Waals surface area contributed by atoms with Gasteiger partial charge in [-0.2, -0.15) is 0 Å². The summed E-state index contributed by atoms with van der Waals surface area (Å²) in [7, 11) is 0. The van der Waals surface area contributed by atoms with Crippen molar-refractivity contribution in [1.29, 1.82) is 0 Å². The van der Waals surface area contributed by atoms with E-state index in [4.69, 9.17) is 5.73 Å². The molecule has 2 amide bonds. The Morgan fingerprint density at radius 3 is 2.67 bits per heavy atom. The number of hydrogen-bond donors (Lipinski definition) is 2. The van der Waals surface area contributed by atoms with Gasteiger partial charge >= 0.3 is 0 Å². The Morgan fingerprint density at radius 2 is 2.27 bits per heavy atom. The van der Waals surface area contributed by atoms with Crippen molar-refractivity contribution in [2.75, 3.05) is 13.1 Å². The van der Waals surface area contributed by atoms with Crippen LogP contribution in [0.4, 0.5) is 0 Å². The molecule has 0 aromatic carbocycles. The maximum absolute atomic E-state index is 11.5. The number of likely N-dealkylation sites (tertiary alicyclic amines) is 1. The van der Waals surface area contributed by atoms with Gasteiger partial charge in [0, 0.05) is 19.5 Å². The third kappa shape index (κ3) is 1.97. The number of amides is 2. The number of hydrogen-bond acceptors (Lipinski definition) is 3. The second-order valence-corrected chi connectivity index (χ2v) is 4.66. The van der Waals surface area contributed by atoms with Gasteiger partial charge in [-0.05, 0) is 19.3 Å². The molecule has 1 saturated heterocycles. The van der Waals surface area contributed by atoms with E-state index in [-0.39, 0.29) is 18.2 Å². The van der Waals surface area contributed by atoms with E-state index in [2.05, 4.69) is 0 Å². The molecule has 1 aliphatic carbocycles. The zero-order valence-corrected chi connectivity index (χ0v) is 8.61. The Bertz CT molecular complexity index is 299. The number of primary amides is 1. The van der Waals surface area contributed by atoms with Gasteiger partial charge < -0.3 is 15.7 Å². The van der Waals surface area contributed by atoms with Gasteiger partial charge in [-0.15, -0.1) is 0 Å². The summed E-state index contributed by atoms with van der Waals surface area (Å²) in [6.45, 7) is 0.728. The van der Waals surface area contributed by atoms with Crippen molar-refractivity contribution >= 4 is 11.8 Å². The molecule has 0 radical (unpaired) electrons. The summed E-state index contributed by atoms with van der Waals surface area (Å²) < 4.78 is 0. The molecule has 1 unspecified atom stereocenters. The highest BCUT2D eigenvalue weighted by Crippen LogP contribution is 2.33. The van der Waals surface area contributed by atoms with E-state index >= 15 is 0 Å². The Labute approximate surface area is 88.2 Å². The molecule has 0 bridgehead atoms. The SMILES string of the molecule is NC(=O)C1CC(=O)N(CC2(O)CCC2)C1. The first-order chi connectivity index (χ1) is 7.00. The number of β-amino-alcohol motifs (C(OH)–C–C–N with tert-alkyl or cyclic N) is 1. The monoisotopic (exact) mass is 212 g/mol. The molecule has 84 valence electrons. The van der Waals surface area contributed by atoms with Crippen molar-refractivity contribution in [3.8, 4) is 0 Å². The van der Waals surface area contributed by atoms with Crippen molar-refractivity contribution in [3.05, 3.63) is 0 Å². The van der Waals surface area contributed by atoms with Crippen LogP contribution in [-0.2, 0) is 9.59 Å². The largest absolute Gasteiger partial charge is 0.388 e. The topological polar surface area (TPSA) is 83.6 Å². The van der Waals surface area contributed by atoms with Crippen molar-refractivity contribution < 1.29 is 14.7 Å². The maximum Gasteiger partial charge on any atom is 0.223 e. The van der Waals surface area contributed by atoms with Crippen LogP contribution in [0.3, 0.4) is 0 Å². The zero-order valence-electron chi connectivity index (χ0n) is 8.61. The molecule has 0 aromatic rings. The van der Waals surface area contributed by atoms with Crippen molar-refractivity contribution in [2.24, 2.45) is 11.7 Å². The molecule has 3 N–H and O–H groups in total. The Kier molecular flexibility index (Phi) is 2.42. The van der Waals surface area contributed by atoms with Crippen LogP contribution in [0, 0.1) is 5.92 Å². The summed E-state index contributed by atoms with van der Waals surface area (Å²) >= 11 is 0. The van der Waals surface area contributed by atoms with Crippen molar-refractivity contribution in [3.63, 3.8) is 0 Å². The minimum atomic E-state index is -0.706. The predicted octanol–water partition coefficient (Wildman–Crippen LogP) is -0.765. The third-order valence-corrected chi connectivity index (χ3v) is 3.39. The highest BCUT2D eigenvalue weighted by atomic mass is 16.3. The summed E-state index contributed by atoms with van der Waals surface area (Å²) in [6, 6.07) is 0. The van der Waals surface area contributed by atoms with Crippen LogP contribution < -0.4 is 5.73 Å². The molecular formula is C10H16N2O3. The standard InChI is InChI=1S/C10H16N2O3/c11-9(14)7-4-8(13)12(5-7)6-10(15)2-1-3-10/h7,15H,1-6H2,(H2,11,14). The first kappa shape index (κ1) is 10.4. The number of carbonyl (C=O) groups is 2. The third-order valence-electron chi connectivity index (χ3n) is 3.39. The fraction of sp³-hybridized carbons (Fsp3) is 0.800. The van der Waals surface area contributed by atoms with E-state index in [1.807, 2.05) is 0 Å². The molecule has 0 aromatic heterocycles. The Hall–Kier alpha value is -1.10. The molecule has 1 saturated carbocycles. The lowest BCUT2D eigenvalue weighted by Gasteiger charge is -2.39. The Morgan fingerprint density at radius 1 is 1.60 bits per heavy atom. The predicted molar refractivity (Wildman–Crippen MR) is 52.7 cm³/mol. The highest BCUT2D eigenvalue weighted by Gasteiger charge is 2.41. The molecule has 1 heterocycles. The van der Waals surface area contributed by atoms with Crippen LogP contribution in [-0.4, -0.2) is 40.5 Å². The molecule has 5 heteroatoms. The maximum atomic E-state index is 11.5. The number of carbonyl (C=O) groups excluding carboxylic acids is 2. The van der Waals surface area contributed by atoms with E-state index in [0.29, 0.717) is 13.1 Å². The lowest BCUT2D eigenvalue weighted by molar-refractivity contribution is -0.133. The number of nitrogens with two attached hydrogens (primary N) is 1. The molecule has 2 fully saturated rings. The second-order valence-electron chi connectivity index (χ2n) is 4.66. The van der Waals surface area contributed by atoms with Gasteiger partial charge in [0.2, 0.25) is 11.8 Å². The van der Waals surface area contributed by atoms with E-state index in [9.17, 15) is 14.7 Å². The van der Waals surface area contributed by atoms with Gasteiger partial charge in [0.05, 0.1) is 11.5 Å². The summed E-state index contributed by atoms with van der Waals surface area (Å²) in [4.78, 5) is 24.0. The lowest BCUT2D eigenvalue weighted by Crippen LogP contribution is -2.48. The minimum absolute atomic E-state index is 0.0703. The van der Waals surface area contributed by atoms with Gasteiger partial charge in [-0.25, -0.2) is 0 Å². The average Bonchev–Trinajstić information content (AvgIpc) is 2.45. The smallest absolute Gasteiger partial charge is 0.223 e. The molecule has 1 aliphatic heterocycles. The summed E-state index contributed by atoms with van der Waals surface area (Å²) in [5, 5.41) is 9.90. The van der Waals surface area contributed by atoms with Crippen molar-refractivity contribution in [1.82, 2.24) is 4.90 Å². The lowest BCUT2D eigenvalue weighted by atomic mass is 9.80. The molecule has 1 atom stereocenters. The van der Waals surface area contributed by atoms with Crippen molar-refractivity contribution in [2.45, 2.75) is 31.3 Å². The quantitative estimate of drug-likeness (QED) is 0.644. The first-order valence-corrected chi connectivity index (χ1v) is 5.30. The van der Waals surface area contributed by atoms with E-state index in [1.54, 1.807) is 4.90 Å². The molecule has 2 aliphatic rings. The van der Waals surface area contributed by atoms with E-state index in [1.165, 1.54) is 0 Å². The minimum Gasteiger partial charge on any atom is -0.388 e. The van der Waals surface area contributed by atoms with Gasteiger partial charge in [-0.3, -0.25) is 9.59 Å². The molecule has 2 rings (SSSR count). The van der Waals surface area contributed by atoms with Crippen LogP contribution >= 0.6 is 0 Å². The van der Waals surface area contributed by atoms with Crippen LogP contribution in [0.1, 0.15) is 25.7 Å². The van der Waals surface area contributed by atoms with Crippen LogP contribution in [0.2, 0.25) is 0 Å².